The summed E-state index contributed by atoms with van der Waals surface area (Å²) in [5.41, 5.74) is 0.339. The van der Waals surface area contributed by atoms with Gasteiger partial charge in [0.05, 0.1) is 0 Å². The van der Waals surface area contributed by atoms with Crippen molar-refractivity contribution in [1.29, 1.82) is 0 Å². The van der Waals surface area contributed by atoms with Crippen LogP contribution in [0.3, 0.4) is 0 Å². The van der Waals surface area contributed by atoms with Crippen LogP contribution in [0.4, 0.5) is 8.78 Å². The predicted octanol–water partition coefficient (Wildman–Crippen LogP) is 3.15. The number of halogens is 2. The highest BCUT2D eigenvalue weighted by molar-refractivity contribution is 5.94. The van der Waals surface area contributed by atoms with Crippen molar-refractivity contribution in [3.05, 3.63) is 71.3 Å². The third-order valence-corrected chi connectivity index (χ3v) is 3.67. The maximum absolute atomic E-state index is 12.9. The van der Waals surface area contributed by atoms with Gasteiger partial charge >= 0.3 is 0 Å². The van der Waals surface area contributed by atoms with E-state index in [0.717, 1.165) is 0 Å². The molecule has 2 aromatic carbocycles. The zero-order valence-electron chi connectivity index (χ0n) is 14.1. The Morgan fingerprint density at radius 1 is 0.760 bits per heavy atom. The van der Waals surface area contributed by atoms with Crippen LogP contribution in [0.25, 0.3) is 0 Å². The van der Waals surface area contributed by atoms with Crippen molar-refractivity contribution in [3.8, 4) is 0 Å². The largest absolute Gasteiger partial charge is 0.351 e. The minimum atomic E-state index is -0.402. The molecule has 0 heterocycles. The molecular weight excluding hydrogens is 326 g/mol. The van der Waals surface area contributed by atoms with Gasteiger partial charge in [-0.05, 0) is 53.9 Å². The Hall–Kier alpha value is -2.76. The van der Waals surface area contributed by atoms with Crippen molar-refractivity contribution in [3.63, 3.8) is 0 Å². The monoisotopic (exact) mass is 346 g/mol. The van der Waals surface area contributed by atoms with Crippen LogP contribution in [0.5, 0.6) is 0 Å². The molecule has 2 aromatic rings. The molecule has 0 saturated carbocycles. The van der Waals surface area contributed by atoms with Gasteiger partial charge < -0.3 is 10.6 Å². The molecule has 0 atom stereocenters. The predicted molar refractivity (Wildman–Crippen MR) is 91.2 cm³/mol. The van der Waals surface area contributed by atoms with Crippen LogP contribution in [0, 0.1) is 17.0 Å². The Labute approximate surface area is 145 Å². The van der Waals surface area contributed by atoms with Crippen molar-refractivity contribution >= 4 is 11.8 Å². The van der Waals surface area contributed by atoms with Crippen molar-refractivity contribution in [1.82, 2.24) is 10.6 Å². The molecule has 0 aliphatic heterocycles. The number of amides is 2. The molecule has 2 rings (SSSR count). The van der Waals surface area contributed by atoms with Gasteiger partial charge in [0.15, 0.2) is 0 Å². The molecule has 0 aliphatic rings. The number of carbonyl (C=O) groups excluding carboxylic acids is 2. The summed E-state index contributed by atoms with van der Waals surface area (Å²) in [6, 6.07) is 10.5. The van der Waals surface area contributed by atoms with Gasteiger partial charge in [-0.15, -0.1) is 0 Å². The van der Waals surface area contributed by atoms with Gasteiger partial charge in [0.1, 0.15) is 11.6 Å². The molecule has 132 valence electrons. The third kappa shape index (κ3) is 5.67. The Morgan fingerprint density at radius 2 is 1.08 bits per heavy atom. The summed E-state index contributed by atoms with van der Waals surface area (Å²) in [7, 11) is 0. The summed E-state index contributed by atoms with van der Waals surface area (Å²) in [6.45, 7) is 4.44. The minimum Gasteiger partial charge on any atom is -0.351 e. The molecule has 0 aromatic heterocycles. The lowest BCUT2D eigenvalue weighted by atomic mass is 9.93. The maximum atomic E-state index is 12.9. The summed E-state index contributed by atoms with van der Waals surface area (Å²) < 4.78 is 25.7. The highest BCUT2D eigenvalue weighted by atomic mass is 19.1. The number of rotatable bonds is 6. The number of benzene rings is 2. The fourth-order valence-electron chi connectivity index (χ4n) is 2.11. The van der Waals surface area contributed by atoms with Crippen LogP contribution in [0.2, 0.25) is 0 Å². The highest BCUT2D eigenvalue weighted by Gasteiger charge is 2.20. The van der Waals surface area contributed by atoms with E-state index in [4.69, 9.17) is 0 Å². The highest BCUT2D eigenvalue weighted by Crippen LogP contribution is 2.13. The quantitative estimate of drug-likeness (QED) is 0.844. The molecule has 2 N–H and O–H groups in total. The Bertz CT molecular complexity index is 678. The van der Waals surface area contributed by atoms with Gasteiger partial charge in [-0.2, -0.15) is 0 Å². The number of hydrogen-bond donors (Lipinski definition) is 2. The Kier molecular flexibility index (Phi) is 5.85. The second kappa shape index (κ2) is 7.88. The molecule has 0 bridgehead atoms. The normalized spacial score (nSPS) is 11.0. The van der Waals surface area contributed by atoms with Crippen LogP contribution >= 0.6 is 0 Å². The van der Waals surface area contributed by atoms with E-state index in [1.54, 1.807) is 0 Å². The molecule has 6 heteroatoms. The zero-order chi connectivity index (χ0) is 18.4. The molecular formula is C19H20F2N2O2. The third-order valence-electron chi connectivity index (χ3n) is 3.67. The average Bonchev–Trinajstić information content (AvgIpc) is 2.59. The number of nitrogens with one attached hydrogen (secondary N) is 2. The standard InChI is InChI=1S/C19H20F2N2O2/c1-19(2,11-22-17(24)13-3-7-15(20)8-4-13)12-23-18(25)14-5-9-16(21)10-6-14/h3-10H,11-12H2,1-2H3,(H,22,24)(H,23,25). The molecule has 2 amide bonds. The fraction of sp³-hybridized carbons (Fsp3) is 0.263. The van der Waals surface area contributed by atoms with Crippen LogP contribution in [-0.2, 0) is 0 Å². The van der Waals surface area contributed by atoms with Crippen LogP contribution in [0.15, 0.2) is 48.5 Å². The first-order valence-electron chi connectivity index (χ1n) is 7.84. The summed E-state index contributed by atoms with van der Waals surface area (Å²) in [5.74, 6) is -1.42. The molecule has 4 nitrogen and oxygen atoms in total. The van der Waals surface area contributed by atoms with Gasteiger partial charge in [-0.25, -0.2) is 8.78 Å². The fourth-order valence-corrected chi connectivity index (χ4v) is 2.11. The molecule has 0 aliphatic carbocycles. The topological polar surface area (TPSA) is 58.2 Å². The van der Waals surface area contributed by atoms with Crippen molar-refractivity contribution in [2.45, 2.75) is 13.8 Å². The zero-order valence-corrected chi connectivity index (χ0v) is 14.1. The molecule has 0 saturated heterocycles. The van der Waals surface area contributed by atoms with E-state index >= 15 is 0 Å². The SMILES string of the molecule is CC(C)(CNC(=O)c1ccc(F)cc1)CNC(=O)c1ccc(F)cc1. The maximum Gasteiger partial charge on any atom is 0.251 e. The van der Waals surface area contributed by atoms with E-state index in [1.807, 2.05) is 13.8 Å². The second-order valence-corrected chi connectivity index (χ2v) is 6.54. The summed E-state index contributed by atoms with van der Waals surface area (Å²) >= 11 is 0. The van der Waals surface area contributed by atoms with Gasteiger partial charge in [0.2, 0.25) is 0 Å². The molecule has 0 spiro atoms. The van der Waals surface area contributed by atoms with Crippen molar-refractivity contribution in [2.75, 3.05) is 13.1 Å². The van der Waals surface area contributed by atoms with Gasteiger partial charge in [0.25, 0.3) is 11.8 Å². The lowest BCUT2D eigenvalue weighted by Crippen LogP contribution is -2.42. The van der Waals surface area contributed by atoms with Gasteiger partial charge in [-0.1, -0.05) is 13.8 Å². The number of hydrogen-bond acceptors (Lipinski definition) is 2. The van der Waals surface area contributed by atoms with Crippen LogP contribution in [-0.4, -0.2) is 24.9 Å². The Morgan fingerprint density at radius 3 is 1.40 bits per heavy atom. The molecule has 25 heavy (non-hydrogen) atoms. The summed E-state index contributed by atoms with van der Waals surface area (Å²) in [5, 5.41) is 5.53. The van der Waals surface area contributed by atoms with E-state index in [1.165, 1.54) is 48.5 Å². The second-order valence-electron chi connectivity index (χ2n) is 6.54. The lowest BCUT2D eigenvalue weighted by molar-refractivity contribution is 0.0920. The first-order valence-corrected chi connectivity index (χ1v) is 7.84. The smallest absolute Gasteiger partial charge is 0.251 e. The van der Waals surface area contributed by atoms with Gasteiger partial charge in [-0.3, -0.25) is 9.59 Å². The van der Waals surface area contributed by atoms with E-state index < -0.39 is 17.0 Å². The molecule has 0 radical (unpaired) electrons. The Balaban J connectivity index is 1.84. The first-order chi connectivity index (χ1) is 11.8. The average molecular weight is 346 g/mol. The molecule has 0 unspecified atom stereocenters. The number of carbonyl (C=O) groups is 2. The van der Waals surface area contributed by atoms with Crippen LogP contribution in [0.1, 0.15) is 34.6 Å². The summed E-state index contributed by atoms with van der Waals surface area (Å²) in [6.07, 6.45) is 0. The van der Waals surface area contributed by atoms with E-state index in [-0.39, 0.29) is 11.8 Å². The van der Waals surface area contributed by atoms with E-state index in [9.17, 15) is 18.4 Å². The molecule has 0 fully saturated rings. The van der Waals surface area contributed by atoms with Crippen molar-refractivity contribution < 1.29 is 18.4 Å². The van der Waals surface area contributed by atoms with E-state index in [0.29, 0.717) is 24.2 Å². The first kappa shape index (κ1) is 18.6. The van der Waals surface area contributed by atoms with Gasteiger partial charge in [0, 0.05) is 24.2 Å². The van der Waals surface area contributed by atoms with Crippen LogP contribution < -0.4 is 10.6 Å². The lowest BCUT2D eigenvalue weighted by Gasteiger charge is -2.25. The van der Waals surface area contributed by atoms with E-state index in [2.05, 4.69) is 10.6 Å². The minimum absolute atomic E-state index is 0.307. The van der Waals surface area contributed by atoms with Crippen molar-refractivity contribution in [2.24, 2.45) is 5.41 Å². The summed E-state index contributed by atoms with van der Waals surface area (Å²) in [4.78, 5) is 24.1.